The minimum Gasteiger partial charge on any atom is -0.420 e. The molecule has 1 aromatic carbocycles. The second kappa shape index (κ2) is 7.10. The SMILES string of the molecule is CO[Si](C)(C)CCCCCc1cc(F)c(F)cc1F. The van der Waals surface area contributed by atoms with E-state index in [0.29, 0.717) is 12.5 Å². The number of aryl methyl sites for hydroxylation is 1. The molecule has 0 spiro atoms. The Kier molecular flexibility index (Phi) is 6.07. The van der Waals surface area contributed by atoms with Crippen LogP contribution in [0.3, 0.4) is 0 Å². The fraction of sp³-hybridized carbons (Fsp3) is 0.571. The molecule has 0 unspecified atom stereocenters. The molecule has 0 aliphatic carbocycles. The van der Waals surface area contributed by atoms with Crippen LogP contribution in [0.15, 0.2) is 12.1 Å². The quantitative estimate of drug-likeness (QED) is 0.403. The van der Waals surface area contributed by atoms with Gasteiger partial charge in [-0.25, -0.2) is 13.2 Å². The molecule has 0 aliphatic heterocycles. The third-order valence-electron chi connectivity index (χ3n) is 3.37. The molecule has 0 amide bonds. The van der Waals surface area contributed by atoms with Crippen LogP contribution in [0, 0.1) is 17.5 Å². The Hall–Kier alpha value is -0.813. The highest BCUT2D eigenvalue weighted by molar-refractivity contribution is 6.71. The maximum Gasteiger partial charge on any atom is 0.186 e. The Morgan fingerprint density at radius 1 is 0.947 bits per heavy atom. The van der Waals surface area contributed by atoms with Crippen molar-refractivity contribution in [3.05, 3.63) is 35.1 Å². The molecule has 0 fully saturated rings. The zero-order valence-corrected chi connectivity index (χ0v) is 12.7. The van der Waals surface area contributed by atoms with Crippen molar-refractivity contribution in [2.75, 3.05) is 7.11 Å². The molecular weight excluding hydrogens is 269 g/mol. The number of benzene rings is 1. The van der Waals surface area contributed by atoms with Crippen molar-refractivity contribution < 1.29 is 17.6 Å². The first-order chi connectivity index (χ1) is 8.85. The molecule has 0 atom stereocenters. The van der Waals surface area contributed by atoms with Crippen molar-refractivity contribution in [1.82, 2.24) is 0 Å². The van der Waals surface area contributed by atoms with Crippen molar-refractivity contribution in [3.63, 3.8) is 0 Å². The second-order valence-corrected chi connectivity index (χ2v) is 9.81. The van der Waals surface area contributed by atoms with Crippen molar-refractivity contribution in [2.24, 2.45) is 0 Å². The van der Waals surface area contributed by atoms with Gasteiger partial charge in [0.05, 0.1) is 0 Å². The fourth-order valence-corrected chi connectivity index (χ4v) is 3.21. The maximum absolute atomic E-state index is 13.4. The fourth-order valence-electron chi connectivity index (χ4n) is 1.90. The maximum atomic E-state index is 13.4. The van der Waals surface area contributed by atoms with Gasteiger partial charge in [0.25, 0.3) is 0 Å². The Bertz CT molecular complexity index is 421. The molecule has 1 rings (SSSR count). The van der Waals surface area contributed by atoms with Gasteiger partial charge in [0, 0.05) is 13.2 Å². The molecule has 0 saturated heterocycles. The van der Waals surface area contributed by atoms with E-state index in [1.807, 2.05) is 0 Å². The zero-order chi connectivity index (χ0) is 14.5. The van der Waals surface area contributed by atoms with E-state index in [9.17, 15) is 13.2 Å². The molecule has 0 radical (unpaired) electrons. The number of rotatable bonds is 7. The summed E-state index contributed by atoms with van der Waals surface area (Å²) in [5, 5.41) is 0. The Labute approximate surface area is 113 Å². The highest BCUT2D eigenvalue weighted by Gasteiger charge is 2.19. The van der Waals surface area contributed by atoms with E-state index in [4.69, 9.17) is 4.43 Å². The van der Waals surface area contributed by atoms with Crippen LogP contribution < -0.4 is 0 Å². The Morgan fingerprint density at radius 2 is 1.58 bits per heavy atom. The van der Waals surface area contributed by atoms with Crippen molar-refractivity contribution in [3.8, 4) is 0 Å². The highest BCUT2D eigenvalue weighted by atomic mass is 28.4. The van der Waals surface area contributed by atoms with Crippen molar-refractivity contribution in [2.45, 2.75) is 44.8 Å². The van der Waals surface area contributed by atoms with Crippen LogP contribution in [-0.4, -0.2) is 15.4 Å². The smallest absolute Gasteiger partial charge is 0.186 e. The summed E-state index contributed by atoms with van der Waals surface area (Å²) in [6.07, 6.45) is 3.19. The average Bonchev–Trinajstić information content (AvgIpc) is 2.35. The average molecular weight is 290 g/mol. The van der Waals surface area contributed by atoms with Crippen molar-refractivity contribution in [1.29, 1.82) is 0 Å². The monoisotopic (exact) mass is 290 g/mol. The number of unbranched alkanes of at least 4 members (excludes halogenated alkanes) is 2. The Balaban J connectivity index is 2.36. The molecule has 19 heavy (non-hydrogen) atoms. The van der Waals surface area contributed by atoms with Gasteiger partial charge >= 0.3 is 0 Å². The van der Waals surface area contributed by atoms with Gasteiger partial charge in [-0.05, 0) is 43.6 Å². The molecule has 0 N–H and O–H groups in total. The molecule has 0 heterocycles. The van der Waals surface area contributed by atoms with Crippen LogP contribution in [-0.2, 0) is 10.8 Å². The van der Waals surface area contributed by atoms with Crippen LogP contribution >= 0.6 is 0 Å². The standard InChI is InChI=1S/C14H21F3OSi/c1-18-19(2,3)8-6-4-5-7-11-9-13(16)14(17)10-12(11)15/h9-10H,4-8H2,1-3H3. The number of halogens is 3. The van der Waals surface area contributed by atoms with E-state index in [0.717, 1.165) is 31.4 Å². The molecule has 1 nitrogen and oxygen atoms in total. The molecule has 5 heteroatoms. The van der Waals surface area contributed by atoms with E-state index in [-0.39, 0.29) is 5.56 Å². The molecule has 0 saturated carbocycles. The third kappa shape index (κ3) is 5.36. The summed E-state index contributed by atoms with van der Waals surface area (Å²) in [5.41, 5.74) is 0.252. The van der Waals surface area contributed by atoms with E-state index >= 15 is 0 Å². The molecule has 1 aromatic rings. The summed E-state index contributed by atoms with van der Waals surface area (Å²) in [7, 11) is 0.221. The molecule has 0 bridgehead atoms. The van der Waals surface area contributed by atoms with Gasteiger partial charge in [-0.2, -0.15) is 0 Å². The predicted octanol–water partition coefficient (Wildman–Crippen LogP) is 4.67. The minimum absolute atomic E-state index is 0.252. The lowest BCUT2D eigenvalue weighted by Crippen LogP contribution is -2.27. The van der Waals surface area contributed by atoms with E-state index < -0.39 is 25.8 Å². The topological polar surface area (TPSA) is 9.23 Å². The first-order valence-corrected chi connectivity index (χ1v) is 9.66. The summed E-state index contributed by atoms with van der Waals surface area (Å²) in [5.74, 6) is -2.77. The number of hydrogen-bond acceptors (Lipinski definition) is 1. The van der Waals surface area contributed by atoms with Gasteiger partial charge in [0.2, 0.25) is 0 Å². The third-order valence-corrected chi connectivity index (χ3v) is 6.03. The molecule has 108 valence electrons. The second-order valence-electron chi connectivity index (χ2n) is 5.38. The Morgan fingerprint density at radius 3 is 2.21 bits per heavy atom. The largest absolute Gasteiger partial charge is 0.420 e. The van der Waals surface area contributed by atoms with Gasteiger partial charge in [-0.15, -0.1) is 0 Å². The lowest BCUT2D eigenvalue weighted by molar-refractivity contribution is 0.401. The lowest BCUT2D eigenvalue weighted by Gasteiger charge is -2.19. The van der Waals surface area contributed by atoms with Gasteiger partial charge in [0.15, 0.2) is 20.0 Å². The predicted molar refractivity (Wildman–Crippen MR) is 73.2 cm³/mol. The van der Waals surface area contributed by atoms with Gasteiger partial charge in [-0.1, -0.05) is 12.8 Å². The molecular formula is C14H21F3OSi. The summed E-state index contributed by atoms with van der Waals surface area (Å²) in [6, 6.07) is 2.63. The summed E-state index contributed by atoms with van der Waals surface area (Å²) < 4.78 is 44.5. The highest BCUT2D eigenvalue weighted by Crippen LogP contribution is 2.18. The van der Waals surface area contributed by atoms with Crippen LogP contribution in [0.5, 0.6) is 0 Å². The summed E-state index contributed by atoms with van der Waals surface area (Å²) in [6.45, 7) is 4.31. The van der Waals surface area contributed by atoms with E-state index in [1.165, 1.54) is 0 Å². The van der Waals surface area contributed by atoms with Crippen LogP contribution in [0.1, 0.15) is 24.8 Å². The normalized spacial score (nSPS) is 11.9. The molecule has 0 aromatic heterocycles. The molecule has 0 aliphatic rings. The van der Waals surface area contributed by atoms with E-state index in [1.54, 1.807) is 7.11 Å². The van der Waals surface area contributed by atoms with Gasteiger partial charge in [0.1, 0.15) is 5.82 Å². The van der Waals surface area contributed by atoms with Gasteiger partial charge in [-0.3, -0.25) is 0 Å². The van der Waals surface area contributed by atoms with Crippen molar-refractivity contribution >= 4 is 8.32 Å². The minimum atomic E-state index is -1.52. The first kappa shape index (κ1) is 16.2. The number of hydrogen-bond donors (Lipinski definition) is 0. The summed E-state index contributed by atoms with van der Waals surface area (Å²) in [4.78, 5) is 0. The lowest BCUT2D eigenvalue weighted by atomic mass is 10.1. The van der Waals surface area contributed by atoms with Crippen LogP contribution in [0.4, 0.5) is 13.2 Å². The van der Waals surface area contributed by atoms with Crippen LogP contribution in [0.2, 0.25) is 19.1 Å². The van der Waals surface area contributed by atoms with Gasteiger partial charge < -0.3 is 4.43 Å². The summed E-state index contributed by atoms with van der Waals surface area (Å²) >= 11 is 0. The zero-order valence-electron chi connectivity index (χ0n) is 11.7. The van der Waals surface area contributed by atoms with E-state index in [2.05, 4.69) is 13.1 Å². The van der Waals surface area contributed by atoms with Crippen LogP contribution in [0.25, 0.3) is 0 Å². The first-order valence-electron chi connectivity index (χ1n) is 6.54.